The van der Waals surface area contributed by atoms with Crippen LogP contribution in [0.15, 0.2) is 18.2 Å². The summed E-state index contributed by atoms with van der Waals surface area (Å²) in [6.45, 7) is 1.64. The van der Waals surface area contributed by atoms with E-state index in [-0.39, 0.29) is 34.1 Å². The number of halogens is 1. The molecule has 3 heterocycles. The number of ketones is 1. The molecule has 0 saturated carbocycles. The number of methoxy groups -OCH3 is 4. The number of nitrogens with zero attached hydrogens (tertiary/aromatic N) is 2. The summed E-state index contributed by atoms with van der Waals surface area (Å²) in [6.07, 6.45) is -0.344. The smallest absolute Gasteiger partial charge is 0.414 e. The van der Waals surface area contributed by atoms with Crippen LogP contribution in [-0.2, 0) is 16.0 Å². The number of aromatic nitrogens is 1. The molecule has 0 spiro atoms. The lowest BCUT2D eigenvalue weighted by Crippen LogP contribution is -2.47. The van der Waals surface area contributed by atoms with Crippen molar-refractivity contribution in [2.45, 2.75) is 23.7 Å². The number of amides is 2. The fraction of sp³-hybridized carbons (Fsp3) is 0.379. The molecule has 2 amide bonds. The number of alkyl halides is 1. The number of anilines is 2. The fourth-order valence-electron chi connectivity index (χ4n) is 5.46. The van der Waals surface area contributed by atoms with Crippen LogP contribution in [0.5, 0.6) is 23.0 Å². The number of carbonyl (C=O) groups excluding carboxylic acids is 4. The van der Waals surface area contributed by atoms with E-state index in [4.69, 9.17) is 23.7 Å². The largest absolute Gasteiger partial charge is 0.493 e. The predicted octanol–water partition coefficient (Wildman–Crippen LogP) is 3.76. The van der Waals surface area contributed by atoms with Gasteiger partial charge in [-0.2, -0.15) is 0 Å². The van der Waals surface area contributed by atoms with Crippen LogP contribution in [0.4, 0.5) is 16.2 Å². The fourth-order valence-corrected chi connectivity index (χ4v) is 6.07. The average molecular weight is 659 g/mol. The average Bonchev–Trinajstić information content (AvgIpc) is 3.54. The van der Waals surface area contributed by atoms with E-state index in [1.807, 2.05) is 0 Å². The topological polar surface area (TPSA) is 149 Å². The van der Waals surface area contributed by atoms with Gasteiger partial charge in [-0.15, -0.1) is 0 Å². The molecule has 228 valence electrons. The van der Waals surface area contributed by atoms with Crippen LogP contribution in [-0.4, -0.2) is 93.1 Å². The number of rotatable bonds is 6. The SMILES string of the molecule is COC(=O)[C@]1(C)Nc2c(OC(=O)N(C)C)cc3c(c2C1=O)C[C@H](Br)CN3C(=O)c1cc2cc(OC)c(OC)c(OC)c2[nH]1. The van der Waals surface area contributed by atoms with Gasteiger partial charge in [0.15, 0.2) is 22.8 Å². The van der Waals surface area contributed by atoms with Gasteiger partial charge in [-0.1, -0.05) is 15.9 Å². The summed E-state index contributed by atoms with van der Waals surface area (Å²) in [7, 11) is 8.68. The first-order chi connectivity index (χ1) is 20.4. The monoisotopic (exact) mass is 658 g/mol. The third-order valence-corrected chi connectivity index (χ3v) is 8.19. The normalized spacial score (nSPS) is 18.8. The highest BCUT2D eigenvalue weighted by Gasteiger charge is 2.52. The summed E-state index contributed by atoms with van der Waals surface area (Å²) >= 11 is 3.64. The maximum Gasteiger partial charge on any atom is 0.414 e. The van der Waals surface area contributed by atoms with Crippen molar-refractivity contribution in [3.63, 3.8) is 0 Å². The number of H-pyrrole nitrogens is 1. The maximum absolute atomic E-state index is 14.2. The van der Waals surface area contributed by atoms with Gasteiger partial charge in [-0.25, -0.2) is 9.59 Å². The predicted molar refractivity (Wildman–Crippen MR) is 161 cm³/mol. The van der Waals surface area contributed by atoms with E-state index in [0.29, 0.717) is 45.8 Å². The van der Waals surface area contributed by atoms with Crippen LogP contribution in [0.1, 0.15) is 33.3 Å². The number of esters is 1. The number of nitrogens with one attached hydrogen (secondary N) is 2. The summed E-state index contributed by atoms with van der Waals surface area (Å²) in [5.74, 6) is -0.627. The molecule has 0 bridgehead atoms. The minimum absolute atomic E-state index is 0.00737. The third kappa shape index (κ3) is 4.69. The third-order valence-electron chi connectivity index (χ3n) is 7.58. The Morgan fingerprint density at radius 3 is 2.33 bits per heavy atom. The number of hydrogen-bond donors (Lipinski definition) is 2. The quantitative estimate of drug-likeness (QED) is 0.228. The van der Waals surface area contributed by atoms with Crippen molar-refractivity contribution in [3.05, 3.63) is 35.0 Å². The van der Waals surface area contributed by atoms with Gasteiger partial charge in [0.05, 0.1) is 50.9 Å². The first kappa shape index (κ1) is 30.0. The number of benzene rings is 2. The van der Waals surface area contributed by atoms with Gasteiger partial charge >= 0.3 is 12.1 Å². The van der Waals surface area contributed by atoms with E-state index in [1.165, 1.54) is 65.3 Å². The summed E-state index contributed by atoms with van der Waals surface area (Å²) in [5.41, 5.74) is 0.212. The molecule has 0 saturated heterocycles. The molecule has 0 fully saturated rings. The minimum Gasteiger partial charge on any atom is -0.493 e. The van der Waals surface area contributed by atoms with Crippen LogP contribution in [0.25, 0.3) is 10.9 Å². The molecule has 0 radical (unpaired) electrons. The Morgan fingerprint density at radius 1 is 1.02 bits per heavy atom. The van der Waals surface area contributed by atoms with Gasteiger partial charge in [0.25, 0.3) is 5.91 Å². The van der Waals surface area contributed by atoms with Crippen molar-refractivity contribution >= 4 is 62.0 Å². The molecule has 14 heteroatoms. The molecule has 2 atom stereocenters. The molecule has 1 aromatic heterocycles. The molecule has 2 aromatic carbocycles. The first-order valence-electron chi connectivity index (χ1n) is 13.2. The van der Waals surface area contributed by atoms with Crippen molar-refractivity contribution in [2.24, 2.45) is 0 Å². The van der Waals surface area contributed by atoms with E-state index >= 15 is 0 Å². The van der Waals surface area contributed by atoms with Crippen molar-refractivity contribution in [2.75, 3.05) is 59.3 Å². The molecule has 0 aliphatic carbocycles. The van der Waals surface area contributed by atoms with Crippen molar-refractivity contribution < 1.29 is 42.9 Å². The van der Waals surface area contributed by atoms with Crippen molar-refractivity contribution in [1.82, 2.24) is 9.88 Å². The summed E-state index contributed by atoms with van der Waals surface area (Å²) < 4.78 is 27.1. The highest BCUT2D eigenvalue weighted by molar-refractivity contribution is 9.09. The number of ether oxygens (including phenoxy) is 5. The van der Waals surface area contributed by atoms with E-state index < -0.39 is 29.3 Å². The molecule has 13 nitrogen and oxygen atoms in total. The van der Waals surface area contributed by atoms with Crippen LogP contribution in [0.2, 0.25) is 0 Å². The van der Waals surface area contributed by atoms with E-state index in [1.54, 1.807) is 12.1 Å². The molecule has 43 heavy (non-hydrogen) atoms. The molecule has 2 aliphatic rings. The van der Waals surface area contributed by atoms with Gasteiger partial charge in [0.2, 0.25) is 11.5 Å². The first-order valence-corrected chi connectivity index (χ1v) is 14.1. The molecule has 3 aromatic rings. The van der Waals surface area contributed by atoms with Crippen LogP contribution < -0.4 is 29.2 Å². The highest BCUT2D eigenvalue weighted by Crippen LogP contribution is 2.49. The number of fused-ring (bicyclic) bond motifs is 4. The minimum atomic E-state index is -1.76. The lowest BCUT2D eigenvalue weighted by molar-refractivity contribution is -0.143. The van der Waals surface area contributed by atoms with Crippen molar-refractivity contribution in [3.8, 4) is 23.0 Å². The Labute approximate surface area is 255 Å². The van der Waals surface area contributed by atoms with Crippen LogP contribution in [0.3, 0.4) is 0 Å². The number of hydrogen-bond acceptors (Lipinski definition) is 10. The van der Waals surface area contributed by atoms with E-state index in [2.05, 4.69) is 26.2 Å². The zero-order valence-electron chi connectivity index (χ0n) is 24.7. The van der Waals surface area contributed by atoms with Gasteiger partial charge in [0.1, 0.15) is 5.69 Å². The summed E-state index contributed by atoms with van der Waals surface area (Å²) in [6, 6.07) is 4.93. The van der Waals surface area contributed by atoms with Crippen molar-refractivity contribution in [1.29, 1.82) is 0 Å². The van der Waals surface area contributed by atoms with Crippen LogP contribution in [0, 0.1) is 0 Å². The van der Waals surface area contributed by atoms with Gasteiger partial charge < -0.3 is 43.8 Å². The summed E-state index contributed by atoms with van der Waals surface area (Å²) in [4.78, 5) is 59.0. The number of Topliss-reactive ketones (excluding diaryl/α,β-unsaturated/α-hetero) is 1. The lowest BCUT2D eigenvalue weighted by atomic mass is 9.88. The number of carbonyl (C=O) groups is 4. The Kier molecular flexibility index (Phi) is 7.67. The Hall–Kier alpha value is -4.46. The molecule has 0 unspecified atom stereocenters. The van der Waals surface area contributed by atoms with Gasteiger partial charge in [0, 0.05) is 36.9 Å². The molecule has 2 aliphatic heterocycles. The Morgan fingerprint density at radius 2 is 1.72 bits per heavy atom. The van der Waals surface area contributed by atoms with Gasteiger partial charge in [-0.05, 0) is 31.0 Å². The summed E-state index contributed by atoms with van der Waals surface area (Å²) in [5, 5.41) is 3.58. The molecule has 2 N–H and O–H groups in total. The Balaban J connectivity index is 1.68. The second kappa shape index (κ2) is 11.0. The second-order valence-electron chi connectivity index (χ2n) is 10.5. The molecular weight excluding hydrogens is 628 g/mol. The van der Waals surface area contributed by atoms with E-state index in [9.17, 15) is 19.2 Å². The zero-order valence-corrected chi connectivity index (χ0v) is 26.3. The second-order valence-corrected chi connectivity index (χ2v) is 11.8. The molecule has 5 rings (SSSR count). The lowest BCUT2D eigenvalue weighted by Gasteiger charge is -2.33. The molecular formula is C29H31BrN4O9. The highest BCUT2D eigenvalue weighted by atomic mass is 79.9. The maximum atomic E-state index is 14.2. The Bertz CT molecular complexity index is 1680. The zero-order chi connectivity index (χ0) is 31.4. The van der Waals surface area contributed by atoms with E-state index in [0.717, 1.165) is 0 Å². The standard InChI is InChI=1S/C29H31BrN4O9/c1-29(27(37)42-7)25(35)20-15-10-14(30)12-34(17(15)11-18(22(20)32-29)43-28(38)33(2)3)26(36)16-8-13-9-19(39-4)23(40-5)24(41-6)21(13)31-16/h8-9,11,14,31-32H,10,12H2,1-7H3/t14-,29+/m0/s1. The number of aromatic amines is 1. The van der Waals surface area contributed by atoms with Gasteiger partial charge in [-0.3, -0.25) is 9.59 Å². The van der Waals surface area contributed by atoms with Crippen LogP contribution >= 0.6 is 15.9 Å².